The Bertz CT molecular complexity index is 2450. The molecule has 8 rings (SSSR count). The molecule has 0 spiro atoms. The predicted octanol–water partition coefficient (Wildman–Crippen LogP) is 12.9. The number of benzene rings is 5. The van der Waals surface area contributed by atoms with Gasteiger partial charge in [-0.1, -0.05) is 142 Å². The van der Waals surface area contributed by atoms with E-state index in [9.17, 15) is 0 Å². The molecule has 0 aliphatic heterocycles. The first-order chi connectivity index (χ1) is 25.0. The van der Waals surface area contributed by atoms with Crippen LogP contribution in [0.5, 0.6) is 0 Å². The third kappa shape index (κ3) is 8.83. The first-order valence-electron chi connectivity index (χ1n) is 17.9. The van der Waals surface area contributed by atoms with E-state index in [0.717, 1.165) is 28.9 Å². The summed E-state index contributed by atoms with van der Waals surface area (Å²) in [6.07, 6.45) is 5.10. The summed E-state index contributed by atoms with van der Waals surface area (Å²) in [7, 11) is -1.37. The molecule has 5 heteroatoms. The smallest absolute Gasteiger partial charge is 0.0798 e. The Morgan fingerprint density at radius 2 is 1.32 bits per heavy atom. The molecule has 0 aliphatic carbocycles. The van der Waals surface area contributed by atoms with Gasteiger partial charge in [0.15, 0.2) is 0 Å². The minimum Gasteiger partial charge on any atom is -0.305 e. The van der Waals surface area contributed by atoms with Crippen molar-refractivity contribution in [3.63, 3.8) is 0 Å². The van der Waals surface area contributed by atoms with Crippen LogP contribution in [0.4, 0.5) is 0 Å². The Morgan fingerprint density at radius 1 is 0.623 bits per heavy atom. The maximum absolute atomic E-state index is 4.71. The Balaban J connectivity index is 0.000000193. The summed E-state index contributed by atoms with van der Waals surface area (Å²) in [5.74, 6) is 0. The topological polar surface area (TPSA) is 25.8 Å². The van der Waals surface area contributed by atoms with Gasteiger partial charge in [0, 0.05) is 37.2 Å². The average Bonchev–Trinajstić information content (AvgIpc) is 3.54. The van der Waals surface area contributed by atoms with E-state index in [1.54, 1.807) is 0 Å². The molecule has 267 valence electrons. The summed E-state index contributed by atoms with van der Waals surface area (Å²) >= 11 is 1.84. The molecule has 0 amide bonds. The Labute approximate surface area is 333 Å². The number of fused-ring (bicyclic) bond motifs is 3. The standard InChI is InChI=1S/C29H18NS.C19H26NSi.Ir/c1-3-9-20(10-4-1)22-17-18-30-27(19-22)26-16-8-15-25-24-14-7-13-23(28(24)31-29(25)26)21-11-5-2-6-12-21;1-19(2,3)13-16-12-17(15-10-8-7-9-11-15)20-14-18(16)21(4,5)6;/h1-15,17-19H;7-10,12,14H,13H2,1-6H3;/q2*-1;. The van der Waals surface area contributed by atoms with E-state index in [-0.39, 0.29) is 25.5 Å². The molecule has 1 radical (unpaired) electrons. The van der Waals surface area contributed by atoms with Crippen LogP contribution in [-0.2, 0) is 26.5 Å². The molecule has 3 heterocycles. The van der Waals surface area contributed by atoms with Crippen molar-refractivity contribution in [3.8, 4) is 44.8 Å². The van der Waals surface area contributed by atoms with E-state index < -0.39 is 8.07 Å². The van der Waals surface area contributed by atoms with Gasteiger partial charge in [0.25, 0.3) is 0 Å². The van der Waals surface area contributed by atoms with Crippen LogP contribution < -0.4 is 5.19 Å². The summed E-state index contributed by atoms with van der Waals surface area (Å²) in [6, 6.07) is 53.2. The molecule has 0 aliphatic rings. The molecule has 5 aromatic carbocycles. The molecule has 8 aromatic rings. The van der Waals surface area contributed by atoms with Gasteiger partial charge in [-0.3, -0.25) is 0 Å². The maximum Gasteiger partial charge on any atom is 0.0798 e. The molecule has 53 heavy (non-hydrogen) atoms. The number of hydrogen-bond acceptors (Lipinski definition) is 3. The normalized spacial score (nSPS) is 11.5. The molecule has 0 N–H and O–H groups in total. The largest absolute Gasteiger partial charge is 0.305 e. The number of hydrogen-bond donors (Lipinski definition) is 0. The molecule has 0 atom stereocenters. The van der Waals surface area contributed by atoms with Crippen molar-refractivity contribution in [1.29, 1.82) is 0 Å². The number of nitrogens with zero attached hydrogens (tertiary/aromatic N) is 2. The van der Waals surface area contributed by atoms with Gasteiger partial charge in [-0.2, -0.15) is 11.3 Å². The Hall–Kier alpha value is -4.51. The molecular formula is C48H44IrN2SSi-2. The monoisotopic (exact) mass is 901 g/mol. The van der Waals surface area contributed by atoms with Gasteiger partial charge in [0.2, 0.25) is 0 Å². The zero-order valence-corrected chi connectivity index (χ0v) is 35.4. The summed E-state index contributed by atoms with van der Waals surface area (Å²) in [5.41, 5.74) is 10.8. The van der Waals surface area contributed by atoms with Gasteiger partial charge in [-0.05, 0) is 66.8 Å². The molecule has 0 saturated carbocycles. The minimum absolute atomic E-state index is 0. The van der Waals surface area contributed by atoms with Crippen LogP contribution in [-0.4, -0.2) is 18.0 Å². The van der Waals surface area contributed by atoms with Crippen molar-refractivity contribution in [1.82, 2.24) is 9.97 Å². The number of aromatic nitrogens is 2. The van der Waals surface area contributed by atoms with Gasteiger partial charge in [-0.25, -0.2) is 0 Å². The molecule has 3 aromatic heterocycles. The second-order valence-electron chi connectivity index (χ2n) is 15.5. The van der Waals surface area contributed by atoms with Gasteiger partial charge in [0.05, 0.1) is 8.07 Å². The van der Waals surface area contributed by atoms with Crippen LogP contribution in [0.2, 0.25) is 19.6 Å². The summed E-state index contributed by atoms with van der Waals surface area (Å²) < 4.78 is 2.54. The molecule has 2 nitrogen and oxygen atoms in total. The van der Waals surface area contributed by atoms with E-state index in [4.69, 9.17) is 9.97 Å². The van der Waals surface area contributed by atoms with Crippen LogP contribution >= 0.6 is 11.3 Å². The van der Waals surface area contributed by atoms with E-state index >= 15 is 0 Å². The van der Waals surface area contributed by atoms with Crippen molar-refractivity contribution < 1.29 is 20.1 Å². The second-order valence-corrected chi connectivity index (χ2v) is 21.6. The van der Waals surface area contributed by atoms with E-state index in [1.807, 2.05) is 47.9 Å². The molecular weight excluding hydrogens is 857 g/mol. The van der Waals surface area contributed by atoms with Crippen molar-refractivity contribution in [2.24, 2.45) is 5.41 Å². The predicted molar refractivity (Wildman–Crippen MR) is 227 cm³/mol. The fourth-order valence-electron chi connectivity index (χ4n) is 6.77. The summed E-state index contributed by atoms with van der Waals surface area (Å²) in [6.45, 7) is 14.1. The summed E-state index contributed by atoms with van der Waals surface area (Å²) in [5, 5.41) is 4.03. The van der Waals surface area contributed by atoms with Crippen LogP contribution in [0, 0.1) is 17.5 Å². The van der Waals surface area contributed by atoms with Crippen molar-refractivity contribution in [3.05, 3.63) is 164 Å². The zero-order chi connectivity index (χ0) is 36.3. The second kappa shape index (κ2) is 16.2. The van der Waals surface area contributed by atoms with Crippen molar-refractivity contribution >= 4 is 44.8 Å². The quantitative estimate of drug-likeness (QED) is 0.123. The van der Waals surface area contributed by atoms with E-state index in [1.165, 1.54) is 53.2 Å². The summed E-state index contributed by atoms with van der Waals surface area (Å²) in [4.78, 5) is 9.42. The fourth-order valence-corrected chi connectivity index (χ4v) is 9.68. The van der Waals surface area contributed by atoms with Gasteiger partial charge >= 0.3 is 0 Å². The van der Waals surface area contributed by atoms with Gasteiger partial charge in [-0.15, -0.1) is 59.7 Å². The Kier molecular flexibility index (Phi) is 11.7. The van der Waals surface area contributed by atoms with E-state index in [2.05, 4.69) is 162 Å². The fraction of sp³-hybridized carbons (Fsp3) is 0.167. The van der Waals surface area contributed by atoms with Gasteiger partial charge < -0.3 is 9.97 Å². The minimum atomic E-state index is -1.37. The average molecular weight is 901 g/mol. The number of thiophene rings is 1. The first-order valence-corrected chi connectivity index (χ1v) is 22.3. The maximum atomic E-state index is 4.71. The molecule has 0 unspecified atom stereocenters. The van der Waals surface area contributed by atoms with Crippen LogP contribution in [0.3, 0.4) is 0 Å². The van der Waals surface area contributed by atoms with Crippen molar-refractivity contribution in [2.75, 3.05) is 0 Å². The van der Waals surface area contributed by atoms with Crippen LogP contribution in [0.1, 0.15) is 26.3 Å². The third-order valence-corrected chi connectivity index (χ3v) is 12.5. The number of pyridine rings is 2. The first kappa shape index (κ1) is 38.2. The number of rotatable bonds is 6. The van der Waals surface area contributed by atoms with Crippen LogP contribution in [0.25, 0.3) is 64.9 Å². The van der Waals surface area contributed by atoms with E-state index in [0.29, 0.717) is 0 Å². The molecule has 0 fully saturated rings. The third-order valence-electron chi connectivity index (χ3n) is 9.17. The van der Waals surface area contributed by atoms with Crippen molar-refractivity contribution in [2.45, 2.75) is 46.8 Å². The molecule has 0 saturated heterocycles. The SMILES string of the molecule is CC(C)(C)Cc1cc(-c2[c-]cccc2)ncc1[Si](C)(C)C.[Ir].[c-]1ccc2c(sc3c(-c4ccccc4)cccc32)c1-c1cc(-c2ccccc2)ccn1. The van der Waals surface area contributed by atoms with Gasteiger partial charge in [0.1, 0.15) is 0 Å². The molecule has 0 bridgehead atoms. The zero-order valence-electron chi connectivity index (χ0n) is 31.2. The van der Waals surface area contributed by atoms with Crippen LogP contribution in [0.15, 0.2) is 146 Å². The Morgan fingerprint density at radius 3 is 2.00 bits per heavy atom.